The van der Waals surface area contributed by atoms with Crippen LogP contribution in [0.25, 0.3) is 0 Å². The highest BCUT2D eigenvalue weighted by atomic mass is 17.2. The van der Waals surface area contributed by atoms with Crippen LogP contribution in [-0.2, 0) is 9.78 Å². The van der Waals surface area contributed by atoms with Gasteiger partial charge in [-0.05, 0) is 6.92 Å². The summed E-state index contributed by atoms with van der Waals surface area (Å²) in [5.74, 6) is 0. The van der Waals surface area contributed by atoms with Gasteiger partial charge in [-0.25, -0.2) is 9.78 Å². The molecule has 0 aromatic rings. The van der Waals surface area contributed by atoms with Crippen LogP contribution >= 0.6 is 0 Å². The predicted octanol–water partition coefficient (Wildman–Crippen LogP) is 0.109. The van der Waals surface area contributed by atoms with Crippen LogP contribution in [0, 0.1) is 6.61 Å². The Balaban J connectivity index is 2.45. The van der Waals surface area contributed by atoms with Crippen LogP contribution in [0.2, 0.25) is 0 Å². The Morgan fingerprint density at radius 3 is 2.86 bits per heavy atom. The number of aliphatic hydroxyl groups is 1. The van der Waals surface area contributed by atoms with E-state index < -0.39 is 0 Å². The van der Waals surface area contributed by atoms with Gasteiger partial charge in [0.2, 0.25) is 0 Å². The maximum absolute atomic E-state index is 8.07. The van der Waals surface area contributed by atoms with Crippen molar-refractivity contribution in [1.29, 1.82) is 0 Å². The predicted molar refractivity (Wildman–Crippen MR) is 24.1 cm³/mol. The first-order chi connectivity index (χ1) is 3.41. The van der Waals surface area contributed by atoms with Crippen molar-refractivity contribution in [3.05, 3.63) is 6.61 Å². The minimum absolute atomic E-state index is 0.00611. The Morgan fingerprint density at radius 2 is 2.43 bits per heavy atom. The van der Waals surface area contributed by atoms with Crippen molar-refractivity contribution in [2.45, 2.75) is 6.92 Å². The maximum atomic E-state index is 8.07. The molecule has 43 valence electrons. The van der Waals surface area contributed by atoms with Crippen LogP contribution < -0.4 is 0 Å². The molecule has 0 amide bonds. The molecule has 0 bridgehead atoms. The van der Waals surface area contributed by atoms with E-state index in [0.29, 0.717) is 0 Å². The normalized spacial score (nSPS) is 9.43. The van der Waals surface area contributed by atoms with Gasteiger partial charge in [0.1, 0.15) is 13.2 Å². The largest absolute Gasteiger partial charge is 0.394 e. The molecule has 7 heavy (non-hydrogen) atoms. The van der Waals surface area contributed by atoms with E-state index in [2.05, 4.69) is 9.78 Å². The lowest BCUT2D eigenvalue weighted by Gasteiger charge is -1.94. The molecule has 0 aromatic heterocycles. The number of hydrogen-bond donors (Lipinski definition) is 1. The van der Waals surface area contributed by atoms with E-state index in [9.17, 15) is 0 Å². The first kappa shape index (κ1) is 6.88. The summed E-state index contributed by atoms with van der Waals surface area (Å²) >= 11 is 0. The first-order valence-electron chi connectivity index (χ1n) is 2.08. The van der Waals surface area contributed by atoms with Crippen molar-refractivity contribution < 1.29 is 14.9 Å². The molecule has 0 aliphatic rings. The maximum Gasteiger partial charge on any atom is 0.119 e. The van der Waals surface area contributed by atoms with E-state index >= 15 is 0 Å². The fourth-order valence-electron chi connectivity index (χ4n) is 0.153. The van der Waals surface area contributed by atoms with Gasteiger partial charge in [-0.2, -0.15) is 0 Å². The van der Waals surface area contributed by atoms with Gasteiger partial charge in [-0.1, -0.05) is 0 Å². The molecule has 0 fully saturated rings. The summed E-state index contributed by atoms with van der Waals surface area (Å²) in [5.41, 5.74) is 0. The third-order valence-corrected chi connectivity index (χ3v) is 0.339. The number of rotatable bonds is 4. The van der Waals surface area contributed by atoms with E-state index in [-0.39, 0.29) is 13.2 Å². The van der Waals surface area contributed by atoms with Crippen molar-refractivity contribution in [3.63, 3.8) is 0 Å². The van der Waals surface area contributed by atoms with Crippen molar-refractivity contribution in [1.82, 2.24) is 0 Å². The van der Waals surface area contributed by atoms with Gasteiger partial charge in [0, 0.05) is 0 Å². The van der Waals surface area contributed by atoms with Crippen molar-refractivity contribution in [3.8, 4) is 0 Å². The van der Waals surface area contributed by atoms with E-state index in [1.54, 1.807) is 6.92 Å². The Labute approximate surface area is 42.8 Å². The van der Waals surface area contributed by atoms with Crippen LogP contribution in [0.5, 0.6) is 0 Å². The van der Waals surface area contributed by atoms with E-state index in [0.717, 1.165) is 0 Å². The molecule has 1 radical (unpaired) electrons. The highest BCUT2D eigenvalue weighted by Crippen LogP contribution is 1.78. The van der Waals surface area contributed by atoms with Gasteiger partial charge < -0.3 is 5.11 Å². The minimum Gasteiger partial charge on any atom is -0.394 e. The lowest BCUT2D eigenvalue weighted by Crippen LogP contribution is -1.97. The average molecular weight is 105 g/mol. The van der Waals surface area contributed by atoms with Gasteiger partial charge >= 0.3 is 0 Å². The number of hydrogen-bond acceptors (Lipinski definition) is 3. The molecule has 0 heterocycles. The third kappa shape index (κ3) is 5.88. The molecule has 0 rings (SSSR count). The van der Waals surface area contributed by atoms with Gasteiger partial charge in [-0.15, -0.1) is 0 Å². The summed E-state index contributed by atoms with van der Waals surface area (Å²) in [5, 5.41) is 8.07. The second kappa shape index (κ2) is 5.88. The average Bonchev–Trinajstić information content (AvgIpc) is 1.69. The molecule has 0 saturated carbocycles. The molecular weight excluding hydrogens is 96.0 g/mol. The quantitative estimate of drug-likeness (QED) is 0.313. The monoisotopic (exact) mass is 105 g/mol. The Hall–Kier alpha value is -0.120. The van der Waals surface area contributed by atoms with Crippen LogP contribution in [-0.4, -0.2) is 18.3 Å². The Kier molecular flexibility index (Phi) is 5.78. The van der Waals surface area contributed by atoms with E-state index in [1.165, 1.54) is 6.61 Å². The molecular formula is C4H9O3. The van der Waals surface area contributed by atoms with E-state index in [4.69, 9.17) is 5.11 Å². The van der Waals surface area contributed by atoms with E-state index in [1.807, 2.05) is 0 Å². The zero-order valence-electron chi connectivity index (χ0n) is 4.26. The zero-order valence-corrected chi connectivity index (χ0v) is 4.26. The highest BCUT2D eigenvalue weighted by molar-refractivity contribution is 4.23. The molecule has 3 heteroatoms. The Morgan fingerprint density at radius 1 is 1.71 bits per heavy atom. The Bertz CT molecular complexity index is 26.1. The van der Waals surface area contributed by atoms with Gasteiger partial charge in [-0.3, -0.25) is 0 Å². The second-order valence-corrected chi connectivity index (χ2v) is 0.878. The second-order valence-electron chi connectivity index (χ2n) is 0.878. The zero-order chi connectivity index (χ0) is 5.54. The standard InChI is InChI=1S/C4H9O3/c1-2-6-7-4-3-5/h2,5H,3-4H2,1H3. The molecule has 0 aliphatic carbocycles. The van der Waals surface area contributed by atoms with Crippen LogP contribution in [0.4, 0.5) is 0 Å². The smallest absolute Gasteiger partial charge is 0.119 e. The summed E-state index contributed by atoms with van der Waals surface area (Å²) in [6.45, 7) is 3.31. The molecule has 0 saturated heterocycles. The van der Waals surface area contributed by atoms with Crippen LogP contribution in [0.15, 0.2) is 0 Å². The van der Waals surface area contributed by atoms with Crippen molar-refractivity contribution in [2.24, 2.45) is 0 Å². The first-order valence-corrected chi connectivity index (χ1v) is 2.08. The summed E-state index contributed by atoms with van der Waals surface area (Å²) in [7, 11) is 0. The topological polar surface area (TPSA) is 38.7 Å². The molecule has 0 atom stereocenters. The van der Waals surface area contributed by atoms with Crippen molar-refractivity contribution in [2.75, 3.05) is 13.2 Å². The van der Waals surface area contributed by atoms with Gasteiger partial charge in [0.25, 0.3) is 0 Å². The van der Waals surface area contributed by atoms with Crippen LogP contribution in [0.3, 0.4) is 0 Å². The minimum atomic E-state index is -0.00611. The molecule has 1 N–H and O–H groups in total. The number of aliphatic hydroxyl groups excluding tert-OH is 1. The summed E-state index contributed by atoms with van der Waals surface area (Å²) in [6.07, 6.45) is 0. The third-order valence-electron chi connectivity index (χ3n) is 0.339. The summed E-state index contributed by atoms with van der Waals surface area (Å²) in [4.78, 5) is 8.62. The molecule has 0 unspecified atom stereocenters. The van der Waals surface area contributed by atoms with Crippen molar-refractivity contribution >= 4 is 0 Å². The summed E-state index contributed by atoms with van der Waals surface area (Å²) in [6, 6.07) is 0. The lowest BCUT2D eigenvalue weighted by molar-refractivity contribution is -0.270. The summed E-state index contributed by atoms with van der Waals surface area (Å²) < 4.78 is 0. The molecule has 0 spiro atoms. The van der Waals surface area contributed by atoms with Gasteiger partial charge in [0.15, 0.2) is 0 Å². The molecule has 0 aliphatic heterocycles. The molecule has 0 aromatic carbocycles. The highest BCUT2D eigenvalue weighted by Gasteiger charge is 1.79. The SMILES string of the molecule is C[CH]OOCCO. The fraction of sp³-hybridized carbons (Fsp3) is 0.750. The van der Waals surface area contributed by atoms with Gasteiger partial charge in [0.05, 0.1) is 6.61 Å². The van der Waals surface area contributed by atoms with Crippen LogP contribution in [0.1, 0.15) is 6.92 Å². The lowest BCUT2D eigenvalue weighted by atomic mass is 10.8. The molecule has 3 nitrogen and oxygen atoms in total. The fourth-order valence-corrected chi connectivity index (χ4v) is 0.153.